The highest BCUT2D eigenvalue weighted by molar-refractivity contribution is 7.89. The topological polar surface area (TPSA) is 88.6 Å². The third kappa shape index (κ3) is 4.41. The van der Waals surface area contributed by atoms with Gasteiger partial charge < -0.3 is 10.1 Å². The quantitative estimate of drug-likeness (QED) is 0.589. The van der Waals surface area contributed by atoms with Crippen LogP contribution in [0.1, 0.15) is 18.4 Å². The molecule has 0 bridgehead atoms. The standard InChI is InChI=1S/C21H22ClN3O4S2/c1-13-5-10-17(29-2)18-19(13)30-21(23-18)24-20(26)14-4-3-11-25(12-14)31(27,28)16-8-6-15(22)7-9-16/h5-10,14H,3-4,11-12H2,1-2H3,(H,23,24,26). The monoisotopic (exact) mass is 479 g/mol. The second-order valence-corrected chi connectivity index (χ2v) is 10.8. The van der Waals surface area contributed by atoms with Crippen LogP contribution in [0.2, 0.25) is 5.02 Å². The smallest absolute Gasteiger partial charge is 0.243 e. The Morgan fingerprint density at radius 2 is 2.00 bits per heavy atom. The van der Waals surface area contributed by atoms with Crippen molar-refractivity contribution in [1.82, 2.24) is 9.29 Å². The van der Waals surface area contributed by atoms with E-state index >= 15 is 0 Å². The number of hydrogen-bond acceptors (Lipinski definition) is 6. The van der Waals surface area contributed by atoms with Crippen LogP contribution >= 0.6 is 22.9 Å². The zero-order valence-corrected chi connectivity index (χ0v) is 19.5. The van der Waals surface area contributed by atoms with Crippen LogP contribution < -0.4 is 10.1 Å². The van der Waals surface area contributed by atoms with Gasteiger partial charge in [0.1, 0.15) is 11.3 Å². The molecule has 2 aromatic carbocycles. The maximum absolute atomic E-state index is 13.0. The number of anilines is 1. The molecule has 0 aliphatic carbocycles. The molecule has 1 unspecified atom stereocenters. The summed E-state index contributed by atoms with van der Waals surface area (Å²) in [4.78, 5) is 17.6. The summed E-state index contributed by atoms with van der Waals surface area (Å²) < 4.78 is 33.6. The van der Waals surface area contributed by atoms with Crippen LogP contribution in [0.4, 0.5) is 5.13 Å². The number of thiazole rings is 1. The van der Waals surface area contributed by atoms with Crippen molar-refractivity contribution >= 4 is 54.2 Å². The van der Waals surface area contributed by atoms with E-state index in [0.717, 1.165) is 10.3 Å². The lowest BCUT2D eigenvalue weighted by molar-refractivity contribution is -0.120. The van der Waals surface area contributed by atoms with Gasteiger partial charge in [0.25, 0.3) is 0 Å². The molecule has 1 saturated heterocycles. The van der Waals surface area contributed by atoms with E-state index in [9.17, 15) is 13.2 Å². The Bertz CT molecular complexity index is 1230. The van der Waals surface area contributed by atoms with E-state index in [1.807, 2.05) is 19.1 Å². The Hall–Kier alpha value is -2.20. The van der Waals surface area contributed by atoms with Crippen LogP contribution in [-0.4, -0.2) is 43.8 Å². The van der Waals surface area contributed by atoms with Crippen molar-refractivity contribution in [3.8, 4) is 5.75 Å². The van der Waals surface area contributed by atoms with Gasteiger partial charge in [-0.15, -0.1) is 0 Å². The van der Waals surface area contributed by atoms with Crippen LogP contribution in [0.25, 0.3) is 10.2 Å². The molecule has 164 valence electrons. The van der Waals surface area contributed by atoms with Gasteiger partial charge in [0.2, 0.25) is 15.9 Å². The molecule has 0 saturated carbocycles. The third-order valence-electron chi connectivity index (χ3n) is 5.36. The molecular formula is C21H22ClN3O4S2. The summed E-state index contributed by atoms with van der Waals surface area (Å²) in [7, 11) is -2.11. The number of piperidine rings is 1. The number of methoxy groups -OCH3 is 1. The van der Waals surface area contributed by atoms with E-state index in [0.29, 0.717) is 40.8 Å². The van der Waals surface area contributed by atoms with Gasteiger partial charge in [-0.3, -0.25) is 4.79 Å². The molecule has 1 aliphatic rings. The number of fused-ring (bicyclic) bond motifs is 1. The van der Waals surface area contributed by atoms with Crippen molar-refractivity contribution < 1.29 is 17.9 Å². The first-order valence-corrected chi connectivity index (χ1v) is 12.4. The number of aromatic nitrogens is 1. The first-order valence-electron chi connectivity index (χ1n) is 9.80. The van der Waals surface area contributed by atoms with E-state index in [1.165, 1.54) is 27.8 Å². The molecule has 7 nitrogen and oxygen atoms in total. The number of nitrogens with zero attached hydrogens (tertiary/aromatic N) is 2. The van der Waals surface area contributed by atoms with Gasteiger partial charge in [-0.25, -0.2) is 13.4 Å². The number of carbonyl (C=O) groups is 1. The molecule has 0 radical (unpaired) electrons. The summed E-state index contributed by atoms with van der Waals surface area (Å²) in [6, 6.07) is 9.86. The zero-order valence-electron chi connectivity index (χ0n) is 17.1. The molecule has 1 N–H and O–H groups in total. The first kappa shape index (κ1) is 22.0. The van der Waals surface area contributed by atoms with Crippen molar-refractivity contribution in [3.63, 3.8) is 0 Å². The Kier molecular flexibility index (Phi) is 6.20. The van der Waals surface area contributed by atoms with Crippen molar-refractivity contribution in [2.75, 3.05) is 25.5 Å². The molecule has 31 heavy (non-hydrogen) atoms. The normalized spacial score (nSPS) is 17.6. The SMILES string of the molecule is COc1ccc(C)c2sc(NC(=O)C3CCCN(S(=O)(=O)c4ccc(Cl)cc4)C3)nc12. The maximum Gasteiger partial charge on any atom is 0.243 e. The molecule has 0 spiro atoms. The van der Waals surface area contributed by atoms with Crippen molar-refractivity contribution in [1.29, 1.82) is 0 Å². The van der Waals surface area contributed by atoms with Gasteiger partial charge in [-0.05, 0) is 55.7 Å². The Morgan fingerprint density at radius 3 is 2.71 bits per heavy atom. The van der Waals surface area contributed by atoms with E-state index < -0.39 is 15.9 Å². The minimum atomic E-state index is -3.69. The molecule has 4 rings (SSSR count). The van der Waals surface area contributed by atoms with Gasteiger partial charge in [0.15, 0.2) is 5.13 Å². The predicted molar refractivity (Wildman–Crippen MR) is 122 cm³/mol. The van der Waals surface area contributed by atoms with E-state index in [4.69, 9.17) is 16.3 Å². The third-order valence-corrected chi connectivity index (χ3v) is 8.60. The number of benzene rings is 2. The number of rotatable bonds is 5. The number of hydrogen-bond donors (Lipinski definition) is 1. The fraction of sp³-hybridized carbons (Fsp3) is 0.333. The Morgan fingerprint density at radius 1 is 1.26 bits per heavy atom. The van der Waals surface area contributed by atoms with Crippen LogP contribution in [0.15, 0.2) is 41.3 Å². The van der Waals surface area contributed by atoms with Crippen molar-refractivity contribution in [2.45, 2.75) is 24.7 Å². The summed E-state index contributed by atoms with van der Waals surface area (Å²) in [5, 5.41) is 3.82. The van der Waals surface area contributed by atoms with Gasteiger partial charge in [0.05, 0.1) is 22.6 Å². The molecule has 1 fully saturated rings. The van der Waals surface area contributed by atoms with Crippen molar-refractivity contribution in [3.05, 3.63) is 47.0 Å². The maximum atomic E-state index is 13.0. The van der Waals surface area contributed by atoms with Gasteiger partial charge in [-0.1, -0.05) is 29.0 Å². The second kappa shape index (κ2) is 8.74. The highest BCUT2D eigenvalue weighted by Gasteiger charge is 2.33. The lowest BCUT2D eigenvalue weighted by Crippen LogP contribution is -2.43. The molecule has 1 amide bonds. The molecule has 1 aliphatic heterocycles. The van der Waals surface area contributed by atoms with E-state index in [1.54, 1.807) is 19.2 Å². The number of carbonyl (C=O) groups excluding carboxylic acids is 1. The lowest BCUT2D eigenvalue weighted by atomic mass is 9.99. The summed E-state index contributed by atoms with van der Waals surface area (Å²) in [5.41, 5.74) is 1.75. The number of ether oxygens (including phenoxy) is 1. The van der Waals surface area contributed by atoms with Crippen LogP contribution in [0.5, 0.6) is 5.75 Å². The fourth-order valence-electron chi connectivity index (χ4n) is 3.67. The predicted octanol–water partition coefficient (Wildman–Crippen LogP) is 4.31. The van der Waals surface area contributed by atoms with Gasteiger partial charge >= 0.3 is 0 Å². The average molecular weight is 480 g/mol. The average Bonchev–Trinajstić information content (AvgIpc) is 3.19. The van der Waals surface area contributed by atoms with Crippen molar-refractivity contribution in [2.24, 2.45) is 5.92 Å². The number of sulfonamides is 1. The van der Waals surface area contributed by atoms with Crippen LogP contribution in [0, 0.1) is 12.8 Å². The minimum Gasteiger partial charge on any atom is -0.494 e. The molecule has 3 aromatic rings. The first-order chi connectivity index (χ1) is 14.8. The Labute approximate surface area is 190 Å². The van der Waals surface area contributed by atoms with Gasteiger partial charge in [-0.2, -0.15) is 4.31 Å². The molecule has 1 atom stereocenters. The molecule has 10 heteroatoms. The van der Waals surface area contributed by atoms with Crippen LogP contribution in [-0.2, 0) is 14.8 Å². The number of nitrogens with one attached hydrogen (secondary N) is 1. The summed E-state index contributed by atoms with van der Waals surface area (Å²) in [6.45, 7) is 2.49. The summed E-state index contributed by atoms with van der Waals surface area (Å²) in [6.07, 6.45) is 1.23. The minimum absolute atomic E-state index is 0.129. The Balaban J connectivity index is 1.51. The molecule has 1 aromatic heterocycles. The lowest BCUT2D eigenvalue weighted by Gasteiger charge is -2.31. The van der Waals surface area contributed by atoms with E-state index in [2.05, 4.69) is 10.3 Å². The number of aryl methyl sites for hydroxylation is 1. The number of halogens is 1. The zero-order chi connectivity index (χ0) is 22.2. The number of amides is 1. The van der Waals surface area contributed by atoms with Crippen LogP contribution in [0.3, 0.4) is 0 Å². The highest BCUT2D eigenvalue weighted by atomic mass is 35.5. The molecular weight excluding hydrogens is 458 g/mol. The highest BCUT2D eigenvalue weighted by Crippen LogP contribution is 2.35. The van der Waals surface area contributed by atoms with Gasteiger partial charge in [0, 0.05) is 18.1 Å². The fourth-order valence-corrected chi connectivity index (χ4v) is 6.27. The molecule has 2 heterocycles. The largest absolute Gasteiger partial charge is 0.494 e. The van der Waals surface area contributed by atoms with E-state index in [-0.39, 0.29) is 17.3 Å². The summed E-state index contributed by atoms with van der Waals surface area (Å²) >= 11 is 7.26. The summed E-state index contributed by atoms with van der Waals surface area (Å²) in [5.74, 6) is -0.0345. The second-order valence-electron chi connectivity index (χ2n) is 7.43.